The van der Waals surface area contributed by atoms with Crippen molar-refractivity contribution in [1.82, 2.24) is 14.8 Å². The van der Waals surface area contributed by atoms with Gasteiger partial charge in [-0.3, -0.25) is 9.78 Å². The third-order valence-electron chi connectivity index (χ3n) is 4.82. The van der Waals surface area contributed by atoms with Crippen molar-refractivity contribution in [2.24, 2.45) is 0 Å². The number of aromatic nitrogens is 3. The molecule has 0 aliphatic carbocycles. The van der Waals surface area contributed by atoms with Crippen molar-refractivity contribution in [3.05, 3.63) is 107 Å². The fourth-order valence-electron chi connectivity index (χ4n) is 3.30. The smallest absolute Gasteiger partial charge is 0.205 e. The molecule has 0 radical (unpaired) electrons. The maximum Gasteiger partial charge on any atom is 0.205 e. The molecule has 1 unspecified atom stereocenters. The molecule has 1 atom stereocenters. The van der Waals surface area contributed by atoms with Gasteiger partial charge in [-0.15, -0.1) is 0 Å². The monoisotopic (exact) mass is 413 g/mol. The second kappa shape index (κ2) is 9.13. The summed E-state index contributed by atoms with van der Waals surface area (Å²) in [7, 11) is 0. The predicted molar refractivity (Wildman–Crippen MR) is 119 cm³/mol. The zero-order chi connectivity index (χ0) is 21.6. The largest absolute Gasteiger partial charge is 0.376 e. The average molecular weight is 413 g/mol. The van der Waals surface area contributed by atoms with Gasteiger partial charge in [-0.25, -0.2) is 9.07 Å². The molecule has 4 aromatic rings. The van der Waals surface area contributed by atoms with Crippen molar-refractivity contribution in [1.29, 1.82) is 5.41 Å². The van der Waals surface area contributed by atoms with Crippen LogP contribution in [0.5, 0.6) is 0 Å². The second-order valence-electron chi connectivity index (χ2n) is 6.92. The zero-order valence-electron chi connectivity index (χ0n) is 16.6. The minimum atomic E-state index is -0.516. The van der Waals surface area contributed by atoms with Crippen LogP contribution in [0.3, 0.4) is 0 Å². The van der Waals surface area contributed by atoms with Crippen LogP contribution in [0.2, 0.25) is 0 Å². The normalized spacial score (nSPS) is 11.6. The Hall–Kier alpha value is -4.13. The quantitative estimate of drug-likeness (QED) is 0.433. The molecule has 2 aromatic heterocycles. The minimum Gasteiger partial charge on any atom is -0.376 e. The zero-order valence-corrected chi connectivity index (χ0v) is 16.6. The van der Waals surface area contributed by atoms with Crippen LogP contribution in [0.4, 0.5) is 10.1 Å². The van der Waals surface area contributed by atoms with Crippen molar-refractivity contribution in [2.45, 2.75) is 12.5 Å². The highest BCUT2D eigenvalue weighted by Crippen LogP contribution is 2.23. The summed E-state index contributed by atoms with van der Waals surface area (Å²) in [6.07, 6.45) is 6.26. The first-order chi connectivity index (χ1) is 15.2. The fraction of sp³-hybridized carbons (Fsp3) is 0.0833. The molecule has 154 valence electrons. The number of anilines is 1. The molecule has 0 amide bonds. The number of hydrogen-bond donors (Lipinski definition) is 2. The Morgan fingerprint density at radius 2 is 1.90 bits per heavy atom. The average Bonchev–Trinajstić information content (AvgIpc) is 2.80. The molecule has 6 nitrogen and oxygen atoms in total. The molecule has 2 aromatic carbocycles. The minimum absolute atomic E-state index is 0.214. The Bertz CT molecular complexity index is 1240. The van der Waals surface area contributed by atoms with E-state index in [-0.39, 0.29) is 23.2 Å². The van der Waals surface area contributed by atoms with E-state index >= 15 is 0 Å². The Kier molecular flexibility index (Phi) is 5.93. The van der Waals surface area contributed by atoms with E-state index in [1.54, 1.807) is 30.6 Å². The van der Waals surface area contributed by atoms with Crippen molar-refractivity contribution in [3.8, 4) is 16.8 Å². The highest BCUT2D eigenvalue weighted by Gasteiger charge is 2.18. The van der Waals surface area contributed by atoms with E-state index in [0.29, 0.717) is 5.56 Å². The van der Waals surface area contributed by atoms with E-state index in [2.05, 4.69) is 15.4 Å². The van der Waals surface area contributed by atoms with Crippen LogP contribution in [0.25, 0.3) is 16.8 Å². The SMILES string of the molecule is N=CCC(Nc1ccccc1)c1nn(-c2ccc(-c3cccnc3)cc2F)ccc1=O. The van der Waals surface area contributed by atoms with E-state index in [0.717, 1.165) is 11.3 Å². The van der Waals surface area contributed by atoms with Gasteiger partial charge in [-0.2, -0.15) is 5.10 Å². The Labute approximate surface area is 178 Å². The molecule has 31 heavy (non-hydrogen) atoms. The van der Waals surface area contributed by atoms with Crippen molar-refractivity contribution < 1.29 is 4.39 Å². The Balaban J connectivity index is 1.70. The lowest BCUT2D eigenvalue weighted by Gasteiger charge is -2.18. The lowest BCUT2D eigenvalue weighted by atomic mass is 10.1. The van der Waals surface area contributed by atoms with Crippen LogP contribution < -0.4 is 10.7 Å². The summed E-state index contributed by atoms with van der Waals surface area (Å²) in [5.74, 6) is -0.469. The van der Waals surface area contributed by atoms with Crippen molar-refractivity contribution in [3.63, 3.8) is 0 Å². The van der Waals surface area contributed by atoms with Gasteiger partial charge in [0.05, 0.1) is 6.04 Å². The van der Waals surface area contributed by atoms with Crippen LogP contribution in [0, 0.1) is 11.2 Å². The first-order valence-corrected chi connectivity index (χ1v) is 9.76. The molecule has 2 heterocycles. The van der Waals surface area contributed by atoms with E-state index in [9.17, 15) is 9.18 Å². The molecule has 4 rings (SSSR count). The fourth-order valence-corrected chi connectivity index (χ4v) is 3.30. The summed E-state index contributed by atoms with van der Waals surface area (Å²) in [5.41, 5.74) is 2.47. The summed E-state index contributed by atoms with van der Waals surface area (Å²) in [6.45, 7) is 0. The van der Waals surface area contributed by atoms with Crippen LogP contribution in [0.15, 0.2) is 90.1 Å². The van der Waals surface area contributed by atoms with Gasteiger partial charge in [0.1, 0.15) is 17.2 Å². The van der Waals surface area contributed by atoms with E-state index in [1.165, 1.54) is 29.2 Å². The molecule has 0 aliphatic heterocycles. The van der Waals surface area contributed by atoms with E-state index in [1.807, 2.05) is 36.4 Å². The standard InChI is InChI=1S/C24H20FN5O/c25-20-15-17(18-5-4-13-27-16-18)8-9-22(20)30-14-11-23(31)24(29-30)21(10-12-26)28-19-6-2-1-3-7-19/h1-9,11-16,21,26,28H,10H2. The summed E-state index contributed by atoms with van der Waals surface area (Å²) < 4.78 is 16.3. The number of pyridine rings is 1. The number of hydrogen-bond acceptors (Lipinski definition) is 5. The van der Waals surface area contributed by atoms with Gasteiger partial charge in [-0.05, 0) is 42.1 Å². The molecule has 0 aliphatic rings. The van der Waals surface area contributed by atoms with Crippen LogP contribution >= 0.6 is 0 Å². The van der Waals surface area contributed by atoms with Crippen LogP contribution in [0.1, 0.15) is 18.2 Å². The molecule has 7 heteroatoms. The summed E-state index contributed by atoms with van der Waals surface area (Å²) in [5, 5.41) is 15.1. The summed E-state index contributed by atoms with van der Waals surface area (Å²) in [6, 6.07) is 18.7. The highest BCUT2D eigenvalue weighted by atomic mass is 19.1. The van der Waals surface area contributed by atoms with Gasteiger partial charge in [0, 0.05) is 42.3 Å². The molecular formula is C24H20FN5O. The van der Waals surface area contributed by atoms with Gasteiger partial charge in [0.2, 0.25) is 5.43 Å². The maximum atomic E-state index is 14.9. The van der Waals surface area contributed by atoms with E-state index < -0.39 is 11.9 Å². The third kappa shape index (κ3) is 4.56. The Morgan fingerprint density at radius 1 is 1.06 bits per heavy atom. The Morgan fingerprint density at radius 3 is 2.61 bits per heavy atom. The first kappa shape index (κ1) is 20.2. The maximum absolute atomic E-state index is 14.9. The predicted octanol–water partition coefficient (Wildman–Crippen LogP) is 4.63. The highest BCUT2D eigenvalue weighted by molar-refractivity contribution is 5.64. The van der Waals surface area contributed by atoms with Crippen LogP contribution in [-0.4, -0.2) is 21.0 Å². The molecular weight excluding hydrogens is 393 g/mol. The number of nitrogens with one attached hydrogen (secondary N) is 2. The lowest BCUT2D eigenvalue weighted by molar-refractivity contribution is 0.603. The molecule has 0 saturated heterocycles. The number of halogens is 1. The first-order valence-electron chi connectivity index (χ1n) is 9.76. The number of para-hydroxylation sites is 1. The molecule has 0 bridgehead atoms. The molecule has 0 fully saturated rings. The number of rotatable bonds is 7. The number of benzene rings is 2. The lowest BCUT2D eigenvalue weighted by Crippen LogP contribution is -2.24. The summed E-state index contributed by atoms with van der Waals surface area (Å²) in [4.78, 5) is 16.6. The van der Waals surface area contributed by atoms with Gasteiger partial charge in [-0.1, -0.05) is 30.3 Å². The third-order valence-corrected chi connectivity index (χ3v) is 4.82. The number of nitrogens with zero attached hydrogens (tertiary/aromatic N) is 3. The van der Waals surface area contributed by atoms with Gasteiger partial charge < -0.3 is 10.7 Å². The van der Waals surface area contributed by atoms with Gasteiger partial charge >= 0.3 is 0 Å². The molecule has 0 saturated carbocycles. The van der Waals surface area contributed by atoms with Crippen molar-refractivity contribution >= 4 is 11.9 Å². The van der Waals surface area contributed by atoms with Crippen LogP contribution in [-0.2, 0) is 0 Å². The second-order valence-corrected chi connectivity index (χ2v) is 6.92. The van der Waals surface area contributed by atoms with Gasteiger partial charge in [0.15, 0.2) is 0 Å². The molecule has 2 N–H and O–H groups in total. The van der Waals surface area contributed by atoms with Crippen molar-refractivity contribution in [2.75, 3.05) is 5.32 Å². The van der Waals surface area contributed by atoms with Gasteiger partial charge in [0.25, 0.3) is 0 Å². The molecule has 0 spiro atoms. The van der Waals surface area contributed by atoms with E-state index in [4.69, 9.17) is 5.41 Å². The topological polar surface area (TPSA) is 83.7 Å². The summed E-state index contributed by atoms with van der Waals surface area (Å²) >= 11 is 0.